The Morgan fingerprint density at radius 3 is 2.54 bits per heavy atom. The number of carbonyl (C=O) groups is 1. The molecule has 1 N–H and O–H groups in total. The lowest BCUT2D eigenvalue weighted by Crippen LogP contribution is -1.99. The van der Waals surface area contributed by atoms with E-state index in [1.165, 1.54) is 6.21 Å². The van der Waals surface area contributed by atoms with E-state index in [1.807, 2.05) is 37.3 Å². The first-order valence-electron chi connectivity index (χ1n) is 7.63. The van der Waals surface area contributed by atoms with Gasteiger partial charge in [-0.05, 0) is 19.1 Å². The van der Waals surface area contributed by atoms with Crippen molar-refractivity contribution in [2.45, 2.75) is 6.92 Å². The summed E-state index contributed by atoms with van der Waals surface area (Å²) >= 11 is 0. The molecule has 0 amide bonds. The van der Waals surface area contributed by atoms with E-state index in [0.29, 0.717) is 11.1 Å². The summed E-state index contributed by atoms with van der Waals surface area (Å²) in [7, 11) is 0. The van der Waals surface area contributed by atoms with Crippen LogP contribution in [0.5, 0.6) is 0 Å². The van der Waals surface area contributed by atoms with E-state index in [0.717, 1.165) is 22.3 Å². The van der Waals surface area contributed by atoms with Crippen molar-refractivity contribution in [2.75, 3.05) is 0 Å². The number of ketones is 1. The molecule has 4 rings (SSSR count). The quantitative estimate of drug-likeness (QED) is 0.713. The summed E-state index contributed by atoms with van der Waals surface area (Å²) in [6, 6.07) is 16.6. The summed E-state index contributed by atoms with van der Waals surface area (Å²) in [6.45, 7) is 1.90. The van der Waals surface area contributed by atoms with Crippen molar-refractivity contribution in [3.63, 3.8) is 0 Å². The molecular formula is C20H14N2O2. The normalized spacial score (nSPS) is 14.0. The lowest BCUT2D eigenvalue weighted by Gasteiger charge is -2.03. The molecule has 1 aromatic heterocycles. The number of aliphatic hydroxyl groups is 1. The van der Waals surface area contributed by atoms with Gasteiger partial charge >= 0.3 is 0 Å². The summed E-state index contributed by atoms with van der Waals surface area (Å²) in [5.41, 5.74) is 3.70. The number of allylic oxidation sites excluding steroid dienone is 1. The number of nitrogens with zero attached hydrogens (tertiary/aromatic N) is 2. The zero-order valence-corrected chi connectivity index (χ0v) is 13.0. The number of aliphatic hydroxyl groups excluding tert-OH is 1. The van der Waals surface area contributed by atoms with Crippen LogP contribution >= 0.6 is 0 Å². The molecule has 1 aliphatic carbocycles. The molecule has 4 nitrogen and oxygen atoms in total. The van der Waals surface area contributed by atoms with Crippen molar-refractivity contribution in [1.82, 2.24) is 4.98 Å². The molecule has 0 atom stereocenters. The number of para-hydroxylation sites is 1. The van der Waals surface area contributed by atoms with Crippen molar-refractivity contribution in [3.05, 3.63) is 77.0 Å². The van der Waals surface area contributed by atoms with Crippen LogP contribution in [0.15, 0.2) is 65.2 Å². The van der Waals surface area contributed by atoms with Gasteiger partial charge < -0.3 is 5.11 Å². The van der Waals surface area contributed by atoms with Crippen LogP contribution in [0.3, 0.4) is 0 Å². The van der Waals surface area contributed by atoms with Gasteiger partial charge in [0, 0.05) is 28.4 Å². The molecule has 116 valence electrons. The Morgan fingerprint density at radius 2 is 1.75 bits per heavy atom. The lowest BCUT2D eigenvalue weighted by molar-refractivity contribution is 0.104. The lowest BCUT2D eigenvalue weighted by atomic mass is 10.1. The molecular weight excluding hydrogens is 300 g/mol. The van der Waals surface area contributed by atoms with Crippen LogP contribution in [0.1, 0.15) is 21.6 Å². The number of Topliss-reactive ketones (excluding diaryl/α,β-unsaturated/α-hetero) is 1. The predicted molar refractivity (Wildman–Crippen MR) is 95.0 cm³/mol. The van der Waals surface area contributed by atoms with Crippen LogP contribution in [0.2, 0.25) is 0 Å². The number of pyridine rings is 1. The van der Waals surface area contributed by atoms with Gasteiger partial charge in [-0.2, -0.15) is 0 Å². The maximum absolute atomic E-state index is 12.4. The number of aromatic nitrogens is 1. The van der Waals surface area contributed by atoms with Gasteiger partial charge in [0.15, 0.2) is 5.78 Å². The summed E-state index contributed by atoms with van der Waals surface area (Å²) < 4.78 is 0. The summed E-state index contributed by atoms with van der Waals surface area (Å²) in [5.74, 6) is -0.226. The molecule has 0 radical (unpaired) electrons. The third-order valence-corrected chi connectivity index (χ3v) is 4.08. The molecule has 0 saturated carbocycles. The van der Waals surface area contributed by atoms with E-state index in [-0.39, 0.29) is 17.1 Å². The Balaban J connectivity index is 1.80. The first kappa shape index (κ1) is 14.3. The van der Waals surface area contributed by atoms with Gasteiger partial charge in [-0.3, -0.25) is 14.8 Å². The largest absolute Gasteiger partial charge is 0.506 e. The molecule has 0 saturated heterocycles. The highest BCUT2D eigenvalue weighted by molar-refractivity contribution is 6.30. The minimum Gasteiger partial charge on any atom is -0.506 e. The Labute approximate surface area is 138 Å². The van der Waals surface area contributed by atoms with E-state index in [2.05, 4.69) is 9.98 Å². The number of aryl methyl sites for hydroxylation is 1. The van der Waals surface area contributed by atoms with Gasteiger partial charge in [0.1, 0.15) is 5.76 Å². The topological polar surface area (TPSA) is 62.6 Å². The molecule has 3 aromatic rings. The average molecular weight is 314 g/mol. The summed E-state index contributed by atoms with van der Waals surface area (Å²) in [5, 5.41) is 11.2. The van der Waals surface area contributed by atoms with E-state index >= 15 is 0 Å². The average Bonchev–Trinajstić information content (AvgIpc) is 2.84. The maximum Gasteiger partial charge on any atom is 0.199 e. The third kappa shape index (κ3) is 2.20. The van der Waals surface area contributed by atoms with Crippen LogP contribution in [0.4, 0.5) is 5.69 Å². The van der Waals surface area contributed by atoms with Gasteiger partial charge in [0.2, 0.25) is 0 Å². The van der Waals surface area contributed by atoms with E-state index in [4.69, 9.17) is 0 Å². The zero-order valence-electron chi connectivity index (χ0n) is 13.0. The smallest absolute Gasteiger partial charge is 0.199 e. The number of aliphatic imine (C=N–C) groups is 1. The van der Waals surface area contributed by atoms with Gasteiger partial charge in [-0.1, -0.05) is 42.5 Å². The summed E-state index contributed by atoms with van der Waals surface area (Å²) in [4.78, 5) is 21.4. The standard InChI is InChI=1S/C20H14N2O2/c1-12-10-18(15-8-4-5-9-17(15)22-12)21-11-16-19(23)13-6-2-3-7-14(13)20(16)24/h2-11,23H,1H3. The van der Waals surface area contributed by atoms with Gasteiger partial charge in [-0.25, -0.2) is 0 Å². The predicted octanol–water partition coefficient (Wildman–Crippen LogP) is 4.41. The first-order chi connectivity index (χ1) is 11.6. The monoisotopic (exact) mass is 314 g/mol. The minimum absolute atomic E-state index is 0.0190. The molecule has 1 aliphatic rings. The molecule has 2 aromatic carbocycles. The highest BCUT2D eigenvalue weighted by Crippen LogP contribution is 2.31. The second-order valence-corrected chi connectivity index (χ2v) is 5.70. The maximum atomic E-state index is 12.4. The fourth-order valence-electron chi connectivity index (χ4n) is 2.93. The van der Waals surface area contributed by atoms with E-state index < -0.39 is 0 Å². The van der Waals surface area contributed by atoms with Crippen molar-refractivity contribution in [3.8, 4) is 0 Å². The van der Waals surface area contributed by atoms with Crippen LogP contribution in [-0.4, -0.2) is 22.1 Å². The third-order valence-electron chi connectivity index (χ3n) is 4.08. The number of benzene rings is 2. The molecule has 0 spiro atoms. The van der Waals surface area contributed by atoms with Crippen molar-refractivity contribution in [1.29, 1.82) is 0 Å². The molecule has 0 bridgehead atoms. The van der Waals surface area contributed by atoms with E-state index in [9.17, 15) is 9.90 Å². The second kappa shape index (κ2) is 5.42. The van der Waals surface area contributed by atoms with Crippen LogP contribution in [0, 0.1) is 6.92 Å². The number of rotatable bonds is 2. The molecule has 0 fully saturated rings. The second-order valence-electron chi connectivity index (χ2n) is 5.70. The highest BCUT2D eigenvalue weighted by atomic mass is 16.3. The van der Waals surface area contributed by atoms with Gasteiger partial charge in [0.05, 0.1) is 16.8 Å². The first-order valence-corrected chi connectivity index (χ1v) is 7.63. The Kier molecular flexibility index (Phi) is 3.24. The Hall–Kier alpha value is -3.27. The van der Waals surface area contributed by atoms with Gasteiger partial charge in [-0.15, -0.1) is 0 Å². The fraction of sp³-hybridized carbons (Fsp3) is 0.0500. The van der Waals surface area contributed by atoms with E-state index in [1.54, 1.807) is 24.3 Å². The van der Waals surface area contributed by atoms with Crippen molar-refractivity contribution in [2.24, 2.45) is 4.99 Å². The van der Waals surface area contributed by atoms with Crippen LogP contribution < -0.4 is 0 Å². The number of hydrogen-bond donors (Lipinski definition) is 1. The molecule has 24 heavy (non-hydrogen) atoms. The zero-order chi connectivity index (χ0) is 16.7. The highest BCUT2D eigenvalue weighted by Gasteiger charge is 2.27. The molecule has 0 aliphatic heterocycles. The van der Waals surface area contributed by atoms with Crippen LogP contribution in [0.25, 0.3) is 16.7 Å². The minimum atomic E-state index is -0.207. The Morgan fingerprint density at radius 1 is 1.04 bits per heavy atom. The van der Waals surface area contributed by atoms with Gasteiger partial charge in [0.25, 0.3) is 0 Å². The van der Waals surface area contributed by atoms with Crippen molar-refractivity contribution < 1.29 is 9.90 Å². The van der Waals surface area contributed by atoms with Crippen LogP contribution in [-0.2, 0) is 0 Å². The molecule has 4 heteroatoms. The Bertz CT molecular complexity index is 1050. The molecule has 1 heterocycles. The number of carbonyl (C=O) groups excluding carboxylic acids is 1. The fourth-order valence-corrected chi connectivity index (χ4v) is 2.93. The SMILES string of the molecule is Cc1cc(N=CC2=C(O)c3ccccc3C2=O)c2ccccc2n1. The summed E-state index contributed by atoms with van der Waals surface area (Å²) in [6.07, 6.45) is 1.44. The number of hydrogen-bond acceptors (Lipinski definition) is 4. The molecule has 0 unspecified atom stereocenters. The number of fused-ring (bicyclic) bond motifs is 2. The van der Waals surface area contributed by atoms with Crippen molar-refractivity contribution >= 4 is 34.3 Å².